The van der Waals surface area contributed by atoms with Crippen molar-refractivity contribution in [2.24, 2.45) is 0 Å². The van der Waals surface area contributed by atoms with E-state index in [1.54, 1.807) is 30.3 Å². The van der Waals surface area contributed by atoms with Gasteiger partial charge in [-0.25, -0.2) is 18.3 Å². The molecule has 2 amide bonds. The molecule has 0 unspecified atom stereocenters. The van der Waals surface area contributed by atoms with E-state index < -0.39 is 34.8 Å². The smallest absolute Gasteiger partial charge is 0.404 e. The molecule has 0 spiro atoms. The van der Waals surface area contributed by atoms with Gasteiger partial charge in [0.25, 0.3) is 15.9 Å². The maximum Gasteiger partial charge on any atom is 0.404 e. The number of nitrogens with zero attached hydrogens (tertiary/aromatic N) is 2. The zero-order valence-corrected chi connectivity index (χ0v) is 22.8. The van der Waals surface area contributed by atoms with Crippen molar-refractivity contribution in [3.8, 4) is 0 Å². The third-order valence-corrected chi connectivity index (χ3v) is 8.07. The molecule has 0 radical (unpaired) electrons. The van der Waals surface area contributed by atoms with E-state index in [2.05, 4.69) is 10.6 Å². The highest BCUT2D eigenvalue weighted by Crippen LogP contribution is 2.27. The van der Waals surface area contributed by atoms with Crippen LogP contribution in [0.15, 0.2) is 59.5 Å². The van der Waals surface area contributed by atoms with Gasteiger partial charge in [0.15, 0.2) is 0 Å². The van der Waals surface area contributed by atoms with E-state index in [4.69, 9.17) is 9.68 Å². The van der Waals surface area contributed by atoms with Crippen molar-refractivity contribution in [3.05, 3.63) is 60.2 Å². The van der Waals surface area contributed by atoms with Crippen molar-refractivity contribution < 1.29 is 37.9 Å². The maximum absolute atomic E-state index is 13.7. The Hall–Kier alpha value is -3.23. The topological polar surface area (TPSA) is 158 Å². The molecule has 13 heteroatoms. The second-order valence-corrected chi connectivity index (χ2v) is 11.1. The first-order valence-corrected chi connectivity index (χ1v) is 14.1. The van der Waals surface area contributed by atoms with Crippen molar-refractivity contribution in [3.63, 3.8) is 0 Å². The lowest BCUT2D eigenvalue weighted by molar-refractivity contribution is -0.166. The number of hydrogen-bond acceptors (Lipinski definition) is 8. The number of rotatable bonds is 14. The second-order valence-electron chi connectivity index (χ2n) is 9.27. The summed E-state index contributed by atoms with van der Waals surface area (Å²) in [5.41, 5.74) is 1.15. The average Bonchev–Trinajstić information content (AvgIpc) is 3.44. The van der Waals surface area contributed by atoms with Crippen molar-refractivity contribution in [2.45, 2.75) is 55.2 Å². The summed E-state index contributed by atoms with van der Waals surface area (Å²) in [5.74, 6) is -0.365. The van der Waals surface area contributed by atoms with Gasteiger partial charge in [-0.3, -0.25) is 14.5 Å². The summed E-state index contributed by atoms with van der Waals surface area (Å²) in [6.45, 7) is -0.623. The van der Waals surface area contributed by atoms with Gasteiger partial charge in [-0.2, -0.15) is 0 Å². The van der Waals surface area contributed by atoms with Crippen molar-refractivity contribution in [1.29, 1.82) is 0 Å². The monoisotopic (exact) mass is 564 g/mol. The number of nitrogens with one attached hydrogen (secondary N) is 2. The van der Waals surface area contributed by atoms with E-state index >= 15 is 0 Å². The van der Waals surface area contributed by atoms with Crippen LogP contribution in [-0.4, -0.2) is 85.7 Å². The lowest BCUT2D eigenvalue weighted by atomic mass is 10.0. The van der Waals surface area contributed by atoms with E-state index in [-0.39, 0.29) is 29.9 Å². The van der Waals surface area contributed by atoms with Crippen LogP contribution in [0.2, 0.25) is 0 Å². The second kappa shape index (κ2) is 14.2. The number of amides is 2. The molecule has 0 aliphatic heterocycles. The molecule has 4 N–H and O–H groups in total. The lowest BCUT2D eigenvalue weighted by Crippen LogP contribution is -2.50. The van der Waals surface area contributed by atoms with E-state index in [1.165, 1.54) is 32.4 Å². The number of aliphatic hydroxyl groups excluding tert-OH is 1. The van der Waals surface area contributed by atoms with Gasteiger partial charge in [-0.15, -0.1) is 0 Å². The Kier molecular flexibility index (Phi) is 11.1. The Labute approximate surface area is 228 Å². The zero-order valence-electron chi connectivity index (χ0n) is 22.0. The average molecular weight is 565 g/mol. The van der Waals surface area contributed by atoms with Crippen LogP contribution in [-0.2, 0) is 30.9 Å². The van der Waals surface area contributed by atoms with Crippen LogP contribution in [0, 0.1) is 0 Å². The van der Waals surface area contributed by atoms with Gasteiger partial charge in [0.05, 0.1) is 43.3 Å². The van der Waals surface area contributed by atoms with E-state index in [0.717, 1.165) is 27.9 Å². The molecule has 0 bridgehead atoms. The van der Waals surface area contributed by atoms with E-state index in [0.29, 0.717) is 18.5 Å². The number of benzene rings is 2. The Balaban J connectivity index is 1.83. The molecule has 3 rings (SSSR count). The minimum Gasteiger partial charge on any atom is -0.465 e. The van der Waals surface area contributed by atoms with Gasteiger partial charge in [0.1, 0.15) is 0 Å². The highest BCUT2D eigenvalue weighted by atomic mass is 32.2. The van der Waals surface area contributed by atoms with Gasteiger partial charge in [-0.1, -0.05) is 53.7 Å². The Bertz CT molecular complexity index is 1190. The molecule has 39 heavy (non-hydrogen) atoms. The molecule has 2 aromatic carbocycles. The Morgan fingerprint density at radius 3 is 2.44 bits per heavy atom. The number of anilines is 1. The molecule has 12 nitrogen and oxygen atoms in total. The van der Waals surface area contributed by atoms with Crippen molar-refractivity contribution in [2.75, 3.05) is 32.6 Å². The first kappa shape index (κ1) is 30.3. The summed E-state index contributed by atoms with van der Waals surface area (Å²) in [6, 6.07) is 13.9. The zero-order chi connectivity index (χ0) is 28.4. The molecule has 2 atom stereocenters. The summed E-state index contributed by atoms with van der Waals surface area (Å²) in [6.07, 6.45) is 0.155. The SMILES string of the molecule is CON(C)C(=O)CNc1cccc(S(=O)(=O)N(C[C@@H](O)[C@H](Cc2ccccc2)NC(=O)O)OC2CCCC2)c1. The third kappa shape index (κ3) is 8.90. The fourth-order valence-electron chi connectivity index (χ4n) is 4.22. The molecule has 214 valence electrons. The molecule has 0 saturated heterocycles. The highest BCUT2D eigenvalue weighted by molar-refractivity contribution is 7.89. The van der Waals surface area contributed by atoms with Crippen LogP contribution >= 0.6 is 0 Å². The largest absolute Gasteiger partial charge is 0.465 e. The number of hydroxylamine groups is 3. The molecule has 1 aliphatic carbocycles. The van der Waals surface area contributed by atoms with Crippen molar-refractivity contribution >= 4 is 27.7 Å². The van der Waals surface area contributed by atoms with Gasteiger partial charge < -0.3 is 20.8 Å². The number of hydrogen-bond donors (Lipinski definition) is 4. The predicted molar refractivity (Wildman–Crippen MR) is 143 cm³/mol. The quantitative estimate of drug-likeness (QED) is 0.253. The van der Waals surface area contributed by atoms with E-state index in [1.807, 2.05) is 6.07 Å². The summed E-state index contributed by atoms with van der Waals surface area (Å²) in [7, 11) is -1.47. The molecular weight excluding hydrogens is 528 g/mol. The van der Waals surface area contributed by atoms with Gasteiger partial charge >= 0.3 is 6.09 Å². The minimum absolute atomic E-state index is 0.115. The number of carboxylic acid groups (broad SMARTS) is 1. The molecule has 0 aromatic heterocycles. The van der Waals surface area contributed by atoms with Gasteiger partial charge in [-0.05, 0) is 43.0 Å². The molecule has 2 aromatic rings. The number of aliphatic hydroxyl groups is 1. The first-order chi connectivity index (χ1) is 18.6. The summed E-state index contributed by atoms with van der Waals surface area (Å²) >= 11 is 0. The number of carbonyl (C=O) groups is 2. The Morgan fingerprint density at radius 2 is 1.79 bits per heavy atom. The van der Waals surface area contributed by atoms with Gasteiger partial charge in [0, 0.05) is 12.7 Å². The van der Waals surface area contributed by atoms with E-state index in [9.17, 15) is 28.2 Å². The van der Waals surface area contributed by atoms with Crippen LogP contribution in [0.25, 0.3) is 0 Å². The van der Waals surface area contributed by atoms with Crippen LogP contribution in [0.3, 0.4) is 0 Å². The number of sulfonamides is 1. The molecule has 1 saturated carbocycles. The highest BCUT2D eigenvalue weighted by Gasteiger charge is 2.34. The number of likely N-dealkylation sites (N-methyl/N-ethyl adjacent to an activating group) is 1. The predicted octanol–water partition coefficient (Wildman–Crippen LogP) is 2.22. The summed E-state index contributed by atoms with van der Waals surface area (Å²) in [5, 5.41) is 26.6. The summed E-state index contributed by atoms with van der Waals surface area (Å²) < 4.78 is 28.2. The molecular formula is C26H36N4O8S. The van der Waals surface area contributed by atoms with Gasteiger partial charge in [0.2, 0.25) is 0 Å². The fourth-order valence-corrected chi connectivity index (χ4v) is 5.57. The van der Waals surface area contributed by atoms with Crippen LogP contribution in [0.4, 0.5) is 10.5 Å². The first-order valence-electron chi connectivity index (χ1n) is 12.7. The van der Waals surface area contributed by atoms with Crippen LogP contribution in [0.5, 0.6) is 0 Å². The maximum atomic E-state index is 13.7. The van der Waals surface area contributed by atoms with Crippen LogP contribution in [0.1, 0.15) is 31.2 Å². The standard InChI is InChI=1S/C26H36N4O8S/c1-29(37-2)25(32)17-27-20-11-8-14-22(16-20)39(35,36)30(38-21-12-6-7-13-21)18-24(31)23(28-26(33)34)15-19-9-4-3-5-10-19/h3-5,8-11,14,16,21,23-24,27-28,31H,6-7,12-13,15,17-18H2,1-2H3,(H,33,34)/t23-,24+/m0/s1. The molecule has 1 fully saturated rings. The molecule has 0 heterocycles. The fraction of sp³-hybridized carbons (Fsp3) is 0.462. The van der Waals surface area contributed by atoms with Crippen molar-refractivity contribution in [1.82, 2.24) is 14.8 Å². The Morgan fingerprint density at radius 1 is 1.10 bits per heavy atom. The normalized spacial score (nSPS) is 15.6. The third-order valence-electron chi connectivity index (χ3n) is 6.45. The number of carbonyl (C=O) groups excluding carboxylic acids is 1. The minimum atomic E-state index is -4.28. The van der Waals surface area contributed by atoms with Crippen LogP contribution < -0.4 is 10.6 Å². The molecule has 1 aliphatic rings. The summed E-state index contributed by atoms with van der Waals surface area (Å²) in [4.78, 5) is 34.1. The lowest BCUT2D eigenvalue weighted by Gasteiger charge is -2.30.